The SMILES string of the molecule is CC(C)c1cc(N(C)C2CCCNC2)ncn1. The van der Waals surface area contributed by atoms with Crippen LogP contribution in [0, 0.1) is 0 Å². The van der Waals surface area contributed by atoms with Crippen molar-refractivity contribution in [1.29, 1.82) is 0 Å². The molecule has 2 heterocycles. The maximum atomic E-state index is 4.38. The van der Waals surface area contributed by atoms with E-state index in [0.29, 0.717) is 12.0 Å². The second kappa shape index (κ2) is 5.45. The van der Waals surface area contributed by atoms with Gasteiger partial charge < -0.3 is 10.2 Å². The van der Waals surface area contributed by atoms with E-state index in [4.69, 9.17) is 0 Å². The van der Waals surface area contributed by atoms with Crippen LogP contribution in [0.15, 0.2) is 12.4 Å². The number of nitrogens with one attached hydrogen (secondary N) is 1. The Balaban J connectivity index is 2.12. The average Bonchev–Trinajstić information content (AvgIpc) is 2.39. The summed E-state index contributed by atoms with van der Waals surface area (Å²) in [6.45, 7) is 6.52. The zero-order valence-electron chi connectivity index (χ0n) is 11.0. The Hall–Kier alpha value is -1.16. The van der Waals surface area contributed by atoms with E-state index in [1.807, 2.05) is 0 Å². The predicted molar refractivity (Wildman–Crippen MR) is 70.4 cm³/mol. The van der Waals surface area contributed by atoms with Crippen LogP contribution in [0.5, 0.6) is 0 Å². The fraction of sp³-hybridized carbons (Fsp3) is 0.692. The first kappa shape index (κ1) is 12.3. The molecule has 1 N–H and O–H groups in total. The van der Waals surface area contributed by atoms with Gasteiger partial charge in [-0.3, -0.25) is 0 Å². The number of hydrogen-bond donors (Lipinski definition) is 1. The van der Waals surface area contributed by atoms with E-state index in [2.05, 4.69) is 47.1 Å². The molecule has 0 bridgehead atoms. The lowest BCUT2D eigenvalue weighted by Gasteiger charge is -2.32. The first-order valence-electron chi connectivity index (χ1n) is 6.44. The summed E-state index contributed by atoms with van der Waals surface area (Å²) in [7, 11) is 2.13. The molecule has 0 amide bonds. The van der Waals surface area contributed by atoms with Gasteiger partial charge in [0.05, 0.1) is 0 Å². The third-order valence-electron chi connectivity index (χ3n) is 3.45. The molecule has 0 saturated carbocycles. The van der Waals surface area contributed by atoms with E-state index in [1.54, 1.807) is 6.33 Å². The summed E-state index contributed by atoms with van der Waals surface area (Å²) in [5.41, 5.74) is 1.12. The molecule has 94 valence electrons. The minimum absolute atomic E-state index is 0.453. The molecule has 4 heteroatoms. The van der Waals surface area contributed by atoms with Crippen molar-refractivity contribution in [2.24, 2.45) is 0 Å². The van der Waals surface area contributed by atoms with E-state index >= 15 is 0 Å². The molecule has 0 aromatic carbocycles. The quantitative estimate of drug-likeness (QED) is 0.865. The molecule has 1 aliphatic rings. The van der Waals surface area contributed by atoms with Crippen molar-refractivity contribution in [1.82, 2.24) is 15.3 Å². The van der Waals surface area contributed by atoms with Gasteiger partial charge in [0.25, 0.3) is 0 Å². The standard InChI is InChI=1S/C13H22N4/c1-10(2)12-7-13(16-9-15-12)17(3)11-5-4-6-14-8-11/h7,9-11,14H,4-6,8H2,1-3H3. The molecule has 0 spiro atoms. The summed E-state index contributed by atoms with van der Waals surface area (Å²) in [5.74, 6) is 1.49. The second-order valence-electron chi connectivity index (χ2n) is 5.07. The Labute approximate surface area is 103 Å². The van der Waals surface area contributed by atoms with Crippen LogP contribution >= 0.6 is 0 Å². The minimum Gasteiger partial charge on any atom is -0.355 e. The van der Waals surface area contributed by atoms with Gasteiger partial charge in [0, 0.05) is 31.4 Å². The Kier molecular flexibility index (Phi) is 3.94. The summed E-state index contributed by atoms with van der Waals surface area (Å²) in [5, 5.41) is 3.44. The summed E-state index contributed by atoms with van der Waals surface area (Å²) in [6.07, 6.45) is 4.17. The van der Waals surface area contributed by atoms with Crippen LogP contribution in [-0.2, 0) is 0 Å². The molecule has 1 aromatic rings. The Morgan fingerprint density at radius 1 is 1.41 bits per heavy atom. The zero-order valence-corrected chi connectivity index (χ0v) is 11.0. The van der Waals surface area contributed by atoms with Crippen molar-refractivity contribution in [3.8, 4) is 0 Å². The molecule has 1 aliphatic heterocycles. The van der Waals surface area contributed by atoms with Gasteiger partial charge in [0.15, 0.2) is 0 Å². The van der Waals surface area contributed by atoms with Gasteiger partial charge in [-0.1, -0.05) is 13.8 Å². The van der Waals surface area contributed by atoms with E-state index < -0.39 is 0 Å². The van der Waals surface area contributed by atoms with Crippen LogP contribution in [0.1, 0.15) is 38.3 Å². The Morgan fingerprint density at radius 3 is 2.88 bits per heavy atom. The van der Waals surface area contributed by atoms with Crippen molar-refractivity contribution in [3.05, 3.63) is 18.1 Å². The second-order valence-corrected chi connectivity index (χ2v) is 5.07. The van der Waals surface area contributed by atoms with Crippen molar-refractivity contribution in [2.45, 2.75) is 38.6 Å². The monoisotopic (exact) mass is 234 g/mol. The smallest absolute Gasteiger partial charge is 0.132 e. The molecular formula is C13H22N4. The molecule has 1 saturated heterocycles. The number of nitrogens with zero attached hydrogens (tertiary/aromatic N) is 3. The zero-order chi connectivity index (χ0) is 12.3. The van der Waals surface area contributed by atoms with Gasteiger partial charge in [-0.15, -0.1) is 0 Å². The number of hydrogen-bond acceptors (Lipinski definition) is 4. The maximum Gasteiger partial charge on any atom is 0.132 e. The van der Waals surface area contributed by atoms with Gasteiger partial charge >= 0.3 is 0 Å². The first-order chi connectivity index (χ1) is 8.18. The molecule has 1 fully saturated rings. The molecule has 1 unspecified atom stereocenters. The summed E-state index contributed by atoms with van der Waals surface area (Å²) in [6, 6.07) is 2.66. The van der Waals surface area contributed by atoms with Crippen LogP contribution in [-0.4, -0.2) is 36.1 Å². The third kappa shape index (κ3) is 2.94. The minimum atomic E-state index is 0.453. The molecule has 1 atom stereocenters. The molecule has 17 heavy (non-hydrogen) atoms. The Bertz CT molecular complexity index is 358. The molecular weight excluding hydrogens is 212 g/mol. The molecule has 2 rings (SSSR count). The highest BCUT2D eigenvalue weighted by atomic mass is 15.2. The predicted octanol–water partition coefficient (Wildman–Crippen LogP) is 1.79. The summed E-state index contributed by atoms with van der Waals surface area (Å²) < 4.78 is 0. The van der Waals surface area contributed by atoms with Gasteiger partial charge in [-0.05, 0) is 25.3 Å². The van der Waals surface area contributed by atoms with Crippen molar-refractivity contribution >= 4 is 5.82 Å². The van der Waals surface area contributed by atoms with Gasteiger partial charge in [-0.25, -0.2) is 9.97 Å². The Morgan fingerprint density at radius 2 is 2.24 bits per heavy atom. The van der Waals surface area contributed by atoms with Crippen molar-refractivity contribution in [3.63, 3.8) is 0 Å². The number of aromatic nitrogens is 2. The van der Waals surface area contributed by atoms with E-state index in [0.717, 1.165) is 24.6 Å². The number of rotatable bonds is 3. The van der Waals surface area contributed by atoms with Gasteiger partial charge in [0.2, 0.25) is 0 Å². The van der Waals surface area contributed by atoms with Crippen LogP contribution in [0.2, 0.25) is 0 Å². The number of anilines is 1. The van der Waals surface area contributed by atoms with Crippen LogP contribution in [0.4, 0.5) is 5.82 Å². The van der Waals surface area contributed by atoms with Crippen LogP contribution in [0.25, 0.3) is 0 Å². The normalized spacial score (nSPS) is 20.6. The van der Waals surface area contributed by atoms with E-state index in [9.17, 15) is 0 Å². The van der Waals surface area contributed by atoms with Crippen molar-refractivity contribution < 1.29 is 0 Å². The number of piperidine rings is 1. The van der Waals surface area contributed by atoms with Gasteiger partial charge in [0.1, 0.15) is 12.1 Å². The highest BCUT2D eigenvalue weighted by Crippen LogP contribution is 2.19. The lowest BCUT2D eigenvalue weighted by Crippen LogP contribution is -2.44. The first-order valence-corrected chi connectivity index (χ1v) is 6.44. The van der Waals surface area contributed by atoms with Crippen LogP contribution < -0.4 is 10.2 Å². The summed E-state index contributed by atoms with van der Waals surface area (Å²) >= 11 is 0. The highest BCUT2D eigenvalue weighted by molar-refractivity contribution is 5.40. The molecule has 0 aliphatic carbocycles. The molecule has 1 aromatic heterocycles. The lowest BCUT2D eigenvalue weighted by atomic mass is 10.1. The topological polar surface area (TPSA) is 41.0 Å². The van der Waals surface area contributed by atoms with Gasteiger partial charge in [-0.2, -0.15) is 0 Å². The van der Waals surface area contributed by atoms with Crippen LogP contribution in [0.3, 0.4) is 0 Å². The molecule has 0 radical (unpaired) electrons. The van der Waals surface area contributed by atoms with Crippen molar-refractivity contribution in [2.75, 3.05) is 25.0 Å². The third-order valence-corrected chi connectivity index (χ3v) is 3.45. The fourth-order valence-corrected chi connectivity index (χ4v) is 2.22. The lowest BCUT2D eigenvalue weighted by molar-refractivity contribution is 0.443. The average molecular weight is 234 g/mol. The number of likely N-dealkylation sites (N-methyl/N-ethyl adjacent to an activating group) is 1. The maximum absolute atomic E-state index is 4.38. The summed E-state index contributed by atoms with van der Waals surface area (Å²) in [4.78, 5) is 11.0. The van der Waals surface area contributed by atoms with E-state index in [1.165, 1.54) is 12.8 Å². The molecule has 4 nitrogen and oxygen atoms in total. The largest absolute Gasteiger partial charge is 0.355 e. The van der Waals surface area contributed by atoms with E-state index in [-0.39, 0.29) is 0 Å². The highest BCUT2D eigenvalue weighted by Gasteiger charge is 2.19. The fourth-order valence-electron chi connectivity index (χ4n) is 2.22.